The first-order valence-corrected chi connectivity index (χ1v) is 9.63. The number of urea groups is 1. The van der Waals surface area contributed by atoms with E-state index in [9.17, 15) is 14.4 Å². The molecule has 1 N–H and O–H groups in total. The highest BCUT2D eigenvalue weighted by Gasteiger charge is 2.49. The third-order valence-electron chi connectivity index (χ3n) is 5.10. The summed E-state index contributed by atoms with van der Waals surface area (Å²) in [6.45, 7) is 1.40. The monoisotopic (exact) mass is 388 g/mol. The molecule has 7 heteroatoms. The van der Waals surface area contributed by atoms with E-state index in [0.717, 1.165) is 41.1 Å². The number of aryl methyl sites for hydroxylation is 2. The third-order valence-corrected chi connectivity index (χ3v) is 6.37. The Morgan fingerprint density at radius 2 is 2.00 bits per heavy atom. The van der Waals surface area contributed by atoms with Crippen LogP contribution in [-0.4, -0.2) is 29.2 Å². The Balaban J connectivity index is 1.59. The molecule has 1 aliphatic heterocycles. The average molecular weight is 389 g/mol. The maximum atomic E-state index is 13.0. The standard InChI is InChI=1S/C19H17ClN2O3S/c1-19(13-6-5-11-3-2-4-12(11)9-13)17(24)22(18(25)21-19)10-14(23)15-7-8-16(20)26-15/h5-9H,2-4,10H2,1H3,(H,21,25)/t19-/m1/s1. The van der Waals surface area contributed by atoms with Crippen molar-refractivity contribution in [1.29, 1.82) is 0 Å². The maximum absolute atomic E-state index is 13.0. The van der Waals surface area contributed by atoms with E-state index in [1.54, 1.807) is 19.1 Å². The van der Waals surface area contributed by atoms with E-state index in [1.807, 2.05) is 18.2 Å². The molecular weight excluding hydrogens is 372 g/mol. The van der Waals surface area contributed by atoms with Gasteiger partial charge in [0.1, 0.15) is 5.54 Å². The minimum absolute atomic E-state index is 0.290. The smallest absolute Gasteiger partial charge is 0.319 e. The Morgan fingerprint density at radius 1 is 1.23 bits per heavy atom. The zero-order valence-corrected chi connectivity index (χ0v) is 15.7. The number of hydrogen-bond acceptors (Lipinski definition) is 4. The normalized spacial score (nSPS) is 21.8. The number of carbonyl (C=O) groups excluding carboxylic acids is 3. The summed E-state index contributed by atoms with van der Waals surface area (Å²) in [5.41, 5.74) is 2.14. The quantitative estimate of drug-likeness (QED) is 0.643. The van der Waals surface area contributed by atoms with Crippen LogP contribution < -0.4 is 5.32 Å². The molecule has 1 atom stereocenters. The predicted molar refractivity (Wildman–Crippen MR) is 99.7 cm³/mol. The molecule has 2 heterocycles. The predicted octanol–water partition coefficient (Wildman–Crippen LogP) is 3.54. The third kappa shape index (κ3) is 2.73. The van der Waals surface area contributed by atoms with Gasteiger partial charge in [0.15, 0.2) is 5.78 Å². The molecule has 0 saturated carbocycles. The number of Topliss-reactive ketones (excluding diaryl/α,β-unsaturated/α-hetero) is 1. The molecule has 3 amide bonds. The lowest BCUT2D eigenvalue weighted by molar-refractivity contribution is -0.130. The van der Waals surface area contributed by atoms with Crippen LogP contribution in [0, 0.1) is 0 Å². The van der Waals surface area contributed by atoms with Crippen LogP contribution in [0.5, 0.6) is 0 Å². The fraction of sp³-hybridized carbons (Fsp3) is 0.316. The largest absolute Gasteiger partial charge is 0.325 e. The second kappa shape index (κ2) is 6.21. The van der Waals surface area contributed by atoms with Gasteiger partial charge in [0.25, 0.3) is 5.91 Å². The van der Waals surface area contributed by atoms with Gasteiger partial charge in [-0.1, -0.05) is 29.8 Å². The molecule has 0 unspecified atom stereocenters. The number of carbonyl (C=O) groups is 3. The highest BCUT2D eigenvalue weighted by molar-refractivity contribution is 7.18. The molecule has 0 bridgehead atoms. The summed E-state index contributed by atoms with van der Waals surface area (Å²) >= 11 is 6.99. The maximum Gasteiger partial charge on any atom is 0.325 e. The molecule has 1 aliphatic carbocycles. The fourth-order valence-corrected chi connectivity index (χ4v) is 4.58. The van der Waals surface area contributed by atoms with Gasteiger partial charge in [-0.15, -0.1) is 11.3 Å². The number of nitrogens with zero attached hydrogens (tertiary/aromatic N) is 1. The van der Waals surface area contributed by atoms with Gasteiger partial charge < -0.3 is 5.32 Å². The van der Waals surface area contributed by atoms with Crippen LogP contribution in [-0.2, 0) is 23.2 Å². The summed E-state index contributed by atoms with van der Waals surface area (Å²) in [4.78, 5) is 39.2. The molecule has 2 aromatic rings. The molecule has 1 saturated heterocycles. The molecular formula is C19H17ClN2O3S. The Hall–Kier alpha value is -2.18. The number of hydrogen-bond donors (Lipinski definition) is 1. The van der Waals surface area contributed by atoms with Gasteiger partial charge in [0.05, 0.1) is 15.8 Å². The highest BCUT2D eigenvalue weighted by Crippen LogP contribution is 2.33. The zero-order valence-electron chi connectivity index (χ0n) is 14.2. The average Bonchev–Trinajstić information content (AvgIpc) is 3.30. The molecule has 4 rings (SSSR count). The Bertz CT molecular complexity index is 939. The number of rotatable bonds is 4. The number of imide groups is 1. The summed E-state index contributed by atoms with van der Waals surface area (Å²) in [5, 5.41) is 2.76. The van der Waals surface area contributed by atoms with Gasteiger partial charge in [-0.25, -0.2) is 4.79 Å². The summed E-state index contributed by atoms with van der Waals surface area (Å²) in [5.74, 6) is -0.708. The van der Waals surface area contributed by atoms with E-state index in [4.69, 9.17) is 11.6 Å². The first-order valence-electron chi connectivity index (χ1n) is 8.43. The van der Waals surface area contributed by atoms with Crippen molar-refractivity contribution < 1.29 is 14.4 Å². The van der Waals surface area contributed by atoms with Crippen molar-refractivity contribution in [3.63, 3.8) is 0 Å². The first-order chi connectivity index (χ1) is 12.4. The summed E-state index contributed by atoms with van der Waals surface area (Å²) < 4.78 is 0.494. The Labute approximate surface area is 159 Å². The summed E-state index contributed by atoms with van der Waals surface area (Å²) in [7, 11) is 0. The lowest BCUT2D eigenvalue weighted by Gasteiger charge is -2.23. The summed E-state index contributed by atoms with van der Waals surface area (Å²) in [6, 6.07) is 8.61. The zero-order chi connectivity index (χ0) is 18.5. The van der Waals surface area contributed by atoms with Gasteiger partial charge in [-0.05, 0) is 55.0 Å². The number of halogens is 1. The van der Waals surface area contributed by atoms with Crippen molar-refractivity contribution in [3.05, 3.63) is 56.2 Å². The van der Waals surface area contributed by atoms with Crippen LogP contribution in [0.4, 0.5) is 4.79 Å². The van der Waals surface area contributed by atoms with E-state index < -0.39 is 17.5 Å². The van der Waals surface area contributed by atoms with E-state index >= 15 is 0 Å². The molecule has 2 aliphatic rings. The number of nitrogens with one attached hydrogen (secondary N) is 1. The van der Waals surface area contributed by atoms with Crippen LogP contribution in [0.1, 0.15) is 39.7 Å². The van der Waals surface area contributed by atoms with Crippen molar-refractivity contribution in [3.8, 4) is 0 Å². The van der Waals surface area contributed by atoms with Crippen molar-refractivity contribution in [2.45, 2.75) is 31.7 Å². The van der Waals surface area contributed by atoms with E-state index in [0.29, 0.717) is 9.21 Å². The van der Waals surface area contributed by atoms with Gasteiger partial charge in [0.2, 0.25) is 0 Å². The first kappa shape index (κ1) is 17.2. The van der Waals surface area contributed by atoms with Crippen LogP contribution in [0.2, 0.25) is 4.34 Å². The molecule has 0 spiro atoms. The van der Waals surface area contributed by atoms with Crippen LogP contribution in [0.25, 0.3) is 0 Å². The van der Waals surface area contributed by atoms with Crippen LogP contribution in [0.15, 0.2) is 30.3 Å². The topological polar surface area (TPSA) is 66.5 Å². The van der Waals surface area contributed by atoms with Crippen molar-refractivity contribution >= 4 is 40.7 Å². The van der Waals surface area contributed by atoms with Crippen LogP contribution in [0.3, 0.4) is 0 Å². The van der Waals surface area contributed by atoms with Crippen molar-refractivity contribution in [2.75, 3.05) is 6.54 Å². The van der Waals surface area contributed by atoms with Crippen molar-refractivity contribution in [2.24, 2.45) is 0 Å². The SMILES string of the molecule is C[C@]1(c2ccc3c(c2)CCC3)NC(=O)N(CC(=O)c2ccc(Cl)s2)C1=O. The molecule has 0 radical (unpaired) electrons. The Kier molecular flexibility index (Phi) is 4.12. The molecule has 5 nitrogen and oxygen atoms in total. The second-order valence-electron chi connectivity index (χ2n) is 6.81. The van der Waals surface area contributed by atoms with E-state index in [2.05, 4.69) is 5.32 Å². The number of ketones is 1. The minimum atomic E-state index is -1.15. The molecule has 134 valence electrons. The lowest BCUT2D eigenvalue weighted by atomic mass is 9.89. The van der Waals surface area contributed by atoms with Gasteiger partial charge in [-0.3, -0.25) is 14.5 Å². The second-order valence-corrected chi connectivity index (χ2v) is 8.53. The number of thiophene rings is 1. The molecule has 26 heavy (non-hydrogen) atoms. The number of benzene rings is 1. The molecule has 1 fully saturated rings. The van der Waals surface area contributed by atoms with Gasteiger partial charge in [0, 0.05) is 0 Å². The lowest BCUT2D eigenvalue weighted by Crippen LogP contribution is -2.41. The minimum Gasteiger partial charge on any atom is -0.319 e. The van der Waals surface area contributed by atoms with Gasteiger partial charge >= 0.3 is 6.03 Å². The van der Waals surface area contributed by atoms with Gasteiger partial charge in [-0.2, -0.15) is 0 Å². The molecule has 1 aromatic carbocycles. The Morgan fingerprint density at radius 3 is 2.73 bits per heavy atom. The number of amides is 3. The van der Waals surface area contributed by atoms with Crippen molar-refractivity contribution in [1.82, 2.24) is 10.2 Å². The molecule has 1 aromatic heterocycles. The number of fused-ring (bicyclic) bond motifs is 1. The van der Waals surface area contributed by atoms with E-state index in [-0.39, 0.29) is 12.3 Å². The summed E-state index contributed by atoms with van der Waals surface area (Å²) in [6.07, 6.45) is 3.15. The van der Waals surface area contributed by atoms with E-state index in [1.165, 1.54) is 11.1 Å². The van der Waals surface area contributed by atoms with Crippen LogP contribution >= 0.6 is 22.9 Å². The highest BCUT2D eigenvalue weighted by atomic mass is 35.5. The fourth-order valence-electron chi connectivity index (χ4n) is 3.60.